The van der Waals surface area contributed by atoms with Crippen LogP contribution in [-0.4, -0.2) is 16.8 Å². The average Bonchev–Trinajstić information content (AvgIpc) is 2.52. The SMILES string of the molecule is CCCCCCSC1CCCC1=O. The van der Waals surface area contributed by atoms with Crippen LogP contribution in [0.25, 0.3) is 0 Å². The zero-order chi connectivity index (χ0) is 9.52. The number of hydrogen-bond donors (Lipinski definition) is 0. The molecule has 0 N–H and O–H groups in total. The third-order valence-corrected chi connectivity index (χ3v) is 3.99. The van der Waals surface area contributed by atoms with Gasteiger partial charge in [-0.1, -0.05) is 26.2 Å². The number of carbonyl (C=O) groups excluding carboxylic acids is 1. The summed E-state index contributed by atoms with van der Waals surface area (Å²) in [7, 11) is 0. The predicted molar refractivity (Wildman–Crippen MR) is 59.2 cm³/mol. The molecular formula is C11H20OS. The van der Waals surface area contributed by atoms with Crippen LogP contribution in [0.4, 0.5) is 0 Å². The number of Topliss-reactive ketones (excluding diaryl/α,β-unsaturated/α-hetero) is 1. The van der Waals surface area contributed by atoms with Crippen molar-refractivity contribution in [2.45, 2.75) is 57.1 Å². The van der Waals surface area contributed by atoms with Crippen LogP contribution in [0.1, 0.15) is 51.9 Å². The van der Waals surface area contributed by atoms with Crippen LogP contribution in [-0.2, 0) is 4.79 Å². The Morgan fingerprint density at radius 1 is 1.38 bits per heavy atom. The Balaban J connectivity index is 1.96. The lowest BCUT2D eigenvalue weighted by atomic mass is 10.2. The molecule has 1 saturated carbocycles. The van der Waals surface area contributed by atoms with Gasteiger partial charge in [-0.05, 0) is 25.0 Å². The van der Waals surface area contributed by atoms with Gasteiger partial charge in [-0.3, -0.25) is 4.79 Å². The molecule has 0 spiro atoms. The van der Waals surface area contributed by atoms with E-state index in [9.17, 15) is 4.79 Å². The van der Waals surface area contributed by atoms with E-state index in [1.165, 1.54) is 31.4 Å². The molecule has 1 nitrogen and oxygen atoms in total. The number of ketones is 1. The second-order valence-electron chi connectivity index (χ2n) is 3.78. The molecule has 1 aliphatic carbocycles. The summed E-state index contributed by atoms with van der Waals surface area (Å²) < 4.78 is 0. The highest BCUT2D eigenvalue weighted by molar-refractivity contribution is 8.00. The highest BCUT2D eigenvalue weighted by Crippen LogP contribution is 2.27. The molecule has 0 aromatic heterocycles. The maximum Gasteiger partial charge on any atom is 0.145 e. The number of thioether (sulfide) groups is 1. The van der Waals surface area contributed by atoms with E-state index in [1.54, 1.807) is 0 Å². The minimum absolute atomic E-state index is 0.363. The molecule has 0 amide bonds. The van der Waals surface area contributed by atoms with Gasteiger partial charge in [0.25, 0.3) is 0 Å². The second-order valence-corrected chi connectivity index (χ2v) is 5.09. The Kier molecular flexibility index (Phi) is 5.52. The maximum absolute atomic E-state index is 11.3. The number of carbonyl (C=O) groups is 1. The van der Waals surface area contributed by atoms with E-state index in [2.05, 4.69) is 6.92 Å². The van der Waals surface area contributed by atoms with E-state index in [0.717, 1.165) is 19.3 Å². The minimum atomic E-state index is 0.363. The molecule has 0 bridgehead atoms. The lowest BCUT2D eigenvalue weighted by molar-refractivity contribution is -0.116. The van der Waals surface area contributed by atoms with Crippen molar-refractivity contribution in [1.29, 1.82) is 0 Å². The molecule has 2 heteroatoms. The van der Waals surface area contributed by atoms with Crippen LogP contribution in [0.5, 0.6) is 0 Å². The molecule has 1 unspecified atom stereocenters. The Morgan fingerprint density at radius 2 is 2.23 bits per heavy atom. The summed E-state index contributed by atoms with van der Waals surface area (Å²) in [6.45, 7) is 2.23. The Bertz CT molecular complexity index is 156. The summed E-state index contributed by atoms with van der Waals surface area (Å²) in [6.07, 6.45) is 8.38. The van der Waals surface area contributed by atoms with Gasteiger partial charge in [0.1, 0.15) is 5.78 Å². The minimum Gasteiger partial charge on any atom is -0.298 e. The smallest absolute Gasteiger partial charge is 0.145 e. The lowest BCUT2D eigenvalue weighted by Crippen LogP contribution is -2.08. The fourth-order valence-electron chi connectivity index (χ4n) is 1.71. The third-order valence-electron chi connectivity index (χ3n) is 2.57. The maximum atomic E-state index is 11.3. The van der Waals surface area contributed by atoms with E-state index in [0.29, 0.717) is 11.0 Å². The van der Waals surface area contributed by atoms with E-state index < -0.39 is 0 Å². The Hall–Kier alpha value is 0.0200. The molecule has 0 aromatic carbocycles. The Morgan fingerprint density at radius 3 is 2.85 bits per heavy atom. The lowest BCUT2D eigenvalue weighted by Gasteiger charge is -2.06. The summed E-state index contributed by atoms with van der Waals surface area (Å²) in [6, 6.07) is 0. The Labute approximate surface area is 85.7 Å². The largest absolute Gasteiger partial charge is 0.298 e. The molecule has 0 heterocycles. The van der Waals surface area contributed by atoms with Crippen molar-refractivity contribution >= 4 is 17.5 Å². The van der Waals surface area contributed by atoms with Crippen LogP contribution in [0.15, 0.2) is 0 Å². The first-order valence-corrected chi connectivity index (χ1v) is 6.53. The fraction of sp³-hybridized carbons (Fsp3) is 0.909. The van der Waals surface area contributed by atoms with Crippen LogP contribution in [0.2, 0.25) is 0 Å². The van der Waals surface area contributed by atoms with E-state index in [-0.39, 0.29) is 0 Å². The average molecular weight is 200 g/mol. The zero-order valence-corrected chi connectivity index (χ0v) is 9.37. The summed E-state index contributed by atoms with van der Waals surface area (Å²) >= 11 is 1.89. The highest BCUT2D eigenvalue weighted by atomic mass is 32.2. The van der Waals surface area contributed by atoms with Crippen LogP contribution in [0.3, 0.4) is 0 Å². The van der Waals surface area contributed by atoms with Gasteiger partial charge in [0.2, 0.25) is 0 Å². The molecule has 0 aliphatic heterocycles. The van der Waals surface area contributed by atoms with Gasteiger partial charge in [0.05, 0.1) is 5.25 Å². The highest BCUT2D eigenvalue weighted by Gasteiger charge is 2.23. The van der Waals surface area contributed by atoms with Crippen molar-refractivity contribution in [1.82, 2.24) is 0 Å². The van der Waals surface area contributed by atoms with Crippen LogP contribution in [0, 0.1) is 0 Å². The van der Waals surface area contributed by atoms with Crippen molar-refractivity contribution in [3.63, 3.8) is 0 Å². The molecule has 0 radical (unpaired) electrons. The van der Waals surface area contributed by atoms with Gasteiger partial charge < -0.3 is 0 Å². The van der Waals surface area contributed by atoms with Gasteiger partial charge in [0, 0.05) is 6.42 Å². The molecule has 13 heavy (non-hydrogen) atoms. The zero-order valence-electron chi connectivity index (χ0n) is 8.55. The van der Waals surface area contributed by atoms with E-state index >= 15 is 0 Å². The summed E-state index contributed by atoms with van der Waals surface area (Å²) in [5, 5.41) is 0.363. The third kappa shape index (κ3) is 4.17. The predicted octanol–water partition coefficient (Wildman–Crippen LogP) is 3.42. The van der Waals surface area contributed by atoms with Gasteiger partial charge >= 0.3 is 0 Å². The van der Waals surface area contributed by atoms with Crippen LogP contribution >= 0.6 is 11.8 Å². The molecule has 0 saturated heterocycles. The number of unbranched alkanes of at least 4 members (excludes halogenated alkanes) is 3. The molecule has 1 fully saturated rings. The topological polar surface area (TPSA) is 17.1 Å². The van der Waals surface area contributed by atoms with Crippen molar-refractivity contribution in [2.75, 3.05) is 5.75 Å². The number of hydrogen-bond acceptors (Lipinski definition) is 2. The first kappa shape index (κ1) is 11.1. The van der Waals surface area contributed by atoms with Gasteiger partial charge in [-0.15, -0.1) is 0 Å². The molecule has 76 valence electrons. The molecular weight excluding hydrogens is 180 g/mol. The van der Waals surface area contributed by atoms with Gasteiger partial charge in [-0.2, -0.15) is 11.8 Å². The second kappa shape index (κ2) is 6.47. The van der Waals surface area contributed by atoms with E-state index in [1.807, 2.05) is 11.8 Å². The molecule has 1 atom stereocenters. The molecule has 0 aromatic rings. The quantitative estimate of drug-likeness (QED) is 0.611. The van der Waals surface area contributed by atoms with Crippen molar-refractivity contribution in [2.24, 2.45) is 0 Å². The number of rotatable bonds is 6. The van der Waals surface area contributed by atoms with Gasteiger partial charge in [0.15, 0.2) is 0 Å². The van der Waals surface area contributed by atoms with E-state index in [4.69, 9.17) is 0 Å². The molecule has 1 rings (SSSR count). The monoisotopic (exact) mass is 200 g/mol. The van der Waals surface area contributed by atoms with Crippen molar-refractivity contribution < 1.29 is 4.79 Å². The normalized spacial score (nSPS) is 22.5. The first-order chi connectivity index (χ1) is 6.34. The standard InChI is InChI=1S/C11H20OS/c1-2-3-4-5-9-13-11-8-6-7-10(11)12/h11H,2-9H2,1H3. The summed E-state index contributed by atoms with van der Waals surface area (Å²) in [4.78, 5) is 11.3. The summed E-state index contributed by atoms with van der Waals surface area (Å²) in [5.74, 6) is 1.69. The van der Waals surface area contributed by atoms with Crippen LogP contribution < -0.4 is 0 Å². The van der Waals surface area contributed by atoms with Gasteiger partial charge in [-0.25, -0.2) is 0 Å². The van der Waals surface area contributed by atoms with Crippen molar-refractivity contribution in [3.8, 4) is 0 Å². The molecule has 1 aliphatic rings. The van der Waals surface area contributed by atoms with Crippen molar-refractivity contribution in [3.05, 3.63) is 0 Å². The first-order valence-electron chi connectivity index (χ1n) is 5.49. The summed E-state index contributed by atoms with van der Waals surface area (Å²) in [5.41, 5.74) is 0. The fourth-order valence-corrected chi connectivity index (χ4v) is 3.01.